The van der Waals surface area contributed by atoms with Crippen molar-refractivity contribution in [2.75, 3.05) is 18.4 Å². The minimum Gasteiger partial charge on any atom is -0.481 e. The Labute approximate surface area is 201 Å². The summed E-state index contributed by atoms with van der Waals surface area (Å²) < 4.78 is 0. The van der Waals surface area contributed by atoms with Gasteiger partial charge in [0.25, 0.3) is 5.91 Å². The number of aliphatic imine (C=N–C) groups is 1. The number of amides is 1. The van der Waals surface area contributed by atoms with E-state index in [9.17, 15) is 14.7 Å². The number of nitrogens with zero attached hydrogens (tertiary/aromatic N) is 2. The average molecular weight is 490 g/mol. The van der Waals surface area contributed by atoms with Crippen molar-refractivity contribution in [2.24, 2.45) is 10.7 Å². The van der Waals surface area contributed by atoms with Crippen LogP contribution in [0.5, 0.6) is 0 Å². The molecule has 1 atom stereocenters. The number of halogens is 2. The van der Waals surface area contributed by atoms with Gasteiger partial charge in [-0.3, -0.25) is 14.6 Å². The molecule has 1 amide bonds. The highest BCUT2D eigenvalue weighted by Crippen LogP contribution is 2.26. The normalized spacial score (nSPS) is 14.4. The summed E-state index contributed by atoms with van der Waals surface area (Å²) in [6.07, 6.45) is 4.88. The number of rotatable bonds is 9. The second kappa shape index (κ2) is 11.7. The van der Waals surface area contributed by atoms with E-state index >= 15 is 0 Å². The standard InChI is InChI=1S/C23H25Cl2N5O3/c24-17-8-15(9-18(25)10-17)20(11-21(31)32)30-23(33)16(12-26)13-27-7-5-19-4-3-14-2-1-6-28-22(14)29-19/h3-4,8-10,12-13,20H,1-2,5-7,11,26H2,(H,28,29)(H,30,33)(H,31,32)/t20-/m0/s1. The Kier molecular flexibility index (Phi) is 8.68. The molecule has 0 bridgehead atoms. The number of pyridine rings is 1. The summed E-state index contributed by atoms with van der Waals surface area (Å²) in [5.74, 6) is -0.717. The van der Waals surface area contributed by atoms with E-state index in [1.807, 2.05) is 6.07 Å². The Hall–Kier alpha value is -3.10. The van der Waals surface area contributed by atoms with Gasteiger partial charge in [0, 0.05) is 47.7 Å². The number of carbonyl (C=O) groups is 2. The van der Waals surface area contributed by atoms with E-state index in [-0.39, 0.29) is 12.0 Å². The van der Waals surface area contributed by atoms with Crippen molar-refractivity contribution in [3.63, 3.8) is 0 Å². The highest BCUT2D eigenvalue weighted by molar-refractivity contribution is 6.34. The topological polar surface area (TPSA) is 130 Å². The summed E-state index contributed by atoms with van der Waals surface area (Å²) >= 11 is 12.1. The zero-order chi connectivity index (χ0) is 23.8. The van der Waals surface area contributed by atoms with Gasteiger partial charge in [0.05, 0.1) is 18.0 Å². The number of benzene rings is 1. The number of aryl methyl sites for hydroxylation is 1. The van der Waals surface area contributed by atoms with E-state index in [1.54, 1.807) is 12.1 Å². The van der Waals surface area contributed by atoms with Crippen molar-refractivity contribution < 1.29 is 14.7 Å². The van der Waals surface area contributed by atoms with Crippen molar-refractivity contribution in [1.82, 2.24) is 10.3 Å². The highest BCUT2D eigenvalue weighted by Gasteiger charge is 2.20. The van der Waals surface area contributed by atoms with Gasteiger partial charge in [0.2, 0.25) is 0 Å². The molecule has 0 aliphatic carbocycles. The monoisotopic (exact) mass is 489 g/mol. The number of fused-ring (bicyclic) bond motifs is 1. The number of carboxylic acids is 1. The number of aromatic nitrogens is 1. The summed E-state index contributed by atoms with van der Waals surface area (Å²) in [7, 11) is 0. The number of aliphatic carboxylic acids is 1. The lowest BCUT2D eigenvalue weighted by molar-refractivity contribution is -0.137. The van der Waals surface area contributed by atoms with E-state index in [0.29, 0.717) is 28.6 Å². The molecule has 0 saturated heterocycles. The highest BCUT2D eigenvalue weighted by atomic mass is 35.5. The number of nitrogens with two attached hydrogens (primary N) is 1. The zero-order valence-electron chi connectivity index (χ0n) is 17.9. The molecule has 1 aromatic carbocycles. The fourth-order valence-electron chi connectivity index (χ4n) is 3.47. The van der Waals surface area contributed by atoms with Gasteiger partial charge < -0.3 is 21.5 Å². The van der Waals surface area contributed by atoms with E-state index in [4.69, 9.17) is 28.9 Å². The molecule has 1 aliphatic heterocycles. The largest absolute Gasteiger partial charge is 0.481 e. The second-order valence-electron chi connectivity index (χ2n) is 7.57. The molecule has 174 valence electrons. The van der Waals surface area contributed by atoms with E-state index < -0.39 is 17.9 Å². The molecule has 5 N–H and O–H groups in total. The lowest BCUT2D eigenvalue weighted by Crippen LogP contribution is -2.32. The SMILES string of the molecule is NC=C(C=NCCc1ccc2c(n1)NCCC2)C(=O)N[C@@H](CC(=O)O)c1cc(Cl)cc(Cl)c1. The van der Waals surface area contributed by atoms with Crippen molar-refractivity contribution >= 4 is 47.1 Å². The minimum atomic E-state index is -1.09. The molecule has 2 aromatic rings. The molecule has 0 saturated carbocycles. The van der Waals surface area contributed by atoms with Crippen molar-refractivity contribution in [3.05, 3.63) is 69.0 Å². The van der Waals surface area contributed by atoms with Gasteiger partial charge >= 0.3 is 5.97 Å². The smallest absolute Gasteiger partial charge is 0.305 e. The third kappa shape index (κ3) is 7.20. The predicted octanol–water partition coefficient (Wildman–Crippen LogP) is 3.53. The van der Waals surface area contributed by atoms with Gasteiger partial charge in [-0.15, -0.1) is 0 Å². The molecular weight excluding hydrogens is 465 g/mol. The molecule has 2 heterocycles. The van der Waals surface area contributed by atoms with Crippen LogP contribution in [0.4, 0.5) is 5.82 Å². The number of carboxylic acid groups (broad SMARTS) is 1. The third-order valence-electron chi connectivity index (χ3n) is 5.09. The fraction of sp³-hybridized carbons (Fsp3) is 0.304. The van der Waals surface area contributed by atoms with E-state index in [0.717, 1.165) is 37.1 Å². The number of nitrogens with one attached hydrogen (secondary N) is 2. The summed E-state index contributed by atoms with van der Waals surface area (Å²) in [5.41, 5.74) is 8.32. The zero-order valence-corrected chi connectivity index (χ0v) is 19.4. The number of anilines is 1. The molecule has 8 nitrogen and oxygen atoms in total. The van der Waals surface area contributed by atoms with Crippen LogP contribution >= 0.6 is 23.2 Å². The van der Waals surface area contributed by atoms with Crippen LogP contribution in [0.2, 0.25) is 10.0 Å². The molecular formula is C23H25Cl2N5O3. The Balaban J connectivity index is 1.62. The summed E-state index contributed by atoms with van der Waals surface area (Å²) in [6, 6.07) is 7.86. The lowest BCUT2D eigenvalue weighted by atomic mass is 10.0. The number of hydrogen-bond acceptors (Lipinski definition) is 6. The van der Waals surface area contributed by atoms with E-state index in [2.05, 4.69) is 26.7 Å². The molecule has 10 heteroatoms. The van der Waals surface area contributed by atoms with Crippen molar-refractivity contribution in [1.29, 1.82) is 0 Å². The first-order chi connectivity index (χ1) is 15.9. The molecule has 3 rings (SSSR count). The first-order valence-electron chi connectivity index (χ1n) is 10.5. The molecule has 1 aliphatic rings. The van der Waals surface area contributed by atoms with Crippen LogP contribution in [0.25, 0.3) is 0 Å². The lowest BCUT2D eigenvalue weighted by Gasteiger charge is -2.18. The average Bonchev–Trinajstić information content (AvgIpc) is 2.77. The van der Waals surface area contributed by atoms with Crippen LogP contribution in [-0.4, -0.2) is 41.3 Å². The van der Waals surface area contributed by atoms with Crippen LogP contribution < -0.4 is 16.4 Å². The van der Waals surface area contributed by atoms with Crippen LogP contribution in [0.3, 0.4) is 0 Å². The first kappa shape index (κ1) is 24.5. The third-order valence-corrected chi connectivity index (χ3v) is 5.53. The molecule has 1 aromatic heterocycles. The van der Waals surface area contributed by atoms with Gasteiger partial charge in [-0.2, -0.15) is 0 Å². The minimum absolute atomic E-state index is 0.110. The van der Waals surface area contributed by atoms with Gasteiger partial charge in [-0.1, -0.05) is 29.3 Å². The van der Waals surface area contributed by atoms with E-state index in [1.165, 1.54) is 17.8 Å². The van der Waals surface area contributed by atoms with Gasteiger partial charge in [-0.25, -0.2) is 4.98 Å². The fourth-order valence-corrected chi connectivity index (χ4v) is 4.02. The molecule has 0 radical (unpaired) electrons. The van der Waals surface area contributed by atoms with Crippen LogP contribution in [-0.2, 0) is 22.4 Å². The van der Waals surface area contributed by atoms with Crippen LogP contribution in [0.15, 0.2) is 47.1 Å². The Morgan fingerprint density at radius 3 is 2.73 bits per heavy atom. The Bertz CT molecular complexity index is 1070. The van der Waals surface area contributed by atoms with Gasteiger partial charge in [0.15, 0.2) is 0 Å². The van der Waals surface area contributed by atoms with Gasteiger partial charge in [-0.05, 0) is 48.2 Å². The summed E-state index contributed by atoms with van der Waals surface area (Å²) in [4.78, 5) is 32.9. The molecule has 0 spiro atoms. The quantitative estimate of drug-likeness (QED) is 0.314. The maximum Gasteiger partial charge on any atom is 0.305 e. The first-order valence-corrected chi connectivity index (χ1v) is 11.2. The van der Waals surface area contributed by atoms with Gasteiger partial charge in [0.1, 0.15) is 5.82 Å². The molecule has 0 fully saturated rings. The number of carbonyl (C=O) groups excluding carboxylic acids is 1. The van der Waals surface area contributed by atoms with Crippen molar-refractivity contribution in [2.45, 2.75) is 31.7 Å². The molecule has 33 heavy (non-hydrogen) atoms. The second-order valence-corrected chi connectivity index (χ2v) is 8.45. The van der Waals surface area contributed by atoms with Crippen LogP contribution in [0, 0.1) is 0 Å². The predicted molar refractivity (Wildman–Crippen MR) is 130 cm³/mol. The Morgan fingerprint density at radius 2 is 2.03 bits per heavy atom. The van der Waals surface area contributed by atoms with Crippen LogP contribution in [0.1, 0.15) is 35.7 Å². The van der Waals surface area contributed by atoms with Crippen molar-refractivity contribution in [3.8, 4) is 0 Å². The maximum absolute atomic E-state index is 12.7. The maximum atomic E-state index is 12.7. The molecule has 0 unspecified atom stereocenters. The number of hydrogen-bond donors (Lipinski definition) is 4. The summed E-state index contributed by atoms with van der Waals surface area (Å²) in [6.45, 7) is 1.34. The Morgan fingerprint density at radius 1 is 1.27 bits per heavy atom. The summed E-state index contributed by atoms with van der Waals surface area (Å²) in [5, 5.41) is 15.9.